The lowest BCUT2D eigenvalue weighted by Gasteiger charge is -2.09. The molecule has 130 valence electrons. The van der Waals surface area contributed by atoms with E-state index in [2.05, 4.69) is 16.2 Å². The van der Waals surface area contributed by atoms with Crippen LogP contribution in [0.15, 0.2) is 48.5 Å². The highest BCUT2D eigenvalue weighted by Crippen LogP contribution is 2.10. The molecular formula is C18H18ClN3O3. The number of carbonyl (C=O) groups is 3. The second-order valence-electron chi connectivity index (χ2n) is 5.33. The highest BCUT2D eigenvalue weighted by Gasteiger charge is 2.10. The molecule has 6 nitrogen and oxygen atoms in total. The number of hydrogen-bond acceptors (Lipinski definition) is 3. The Kier molecular flexibility index (Phi) is 6.54. The monoisotopic (exact) mass is 359 g/mol. The van der Waals surface area contributed by atoms with Crippen molar-refractivity contribution < 1.29 is 14.4 Å². The summed E-state index contributed by atoms with van der Waals surface area (Å²) in [5.41, 5.74) is 6.35. The molecule has 0 radical (unpaired) electrons. The Morgan fingerprint density at radius 3 is 2.44 bits per heavy atom. The van der Waals surface area contributed by atoms with Gasteiger partial charge in [-0.05, 0) is 36.8 Å². The van der Waals surface area contributed by atoms with Gasteiger partial charge in [0, 0.05) is 29.1 Å². The number of hydrogen-bond donors (Lipinski definition) is 3. The smallest absolute Gasteiger partial charge is 0.269 e. The van der Waals surface area contributed by atoms with Crippen LogP contribution in [0.4, 0.5) is 0 Å². The van der Waals surface area contributed by atoms with Crippen LogP contribution in [0.5, 0.6) is 0 Å². The summed E-state index contributed by atoms with van der Waals surface area (Å²) in [6.45, 7) is 2.00. The van der Waals surface area contributed by atoms with Crippen molar-refractivity contribution in [3.05, 3.63) is 70.2 Å². The molecule has 0 aromatic heterocycles. The van der Waals surface area contributed by atoms with E-state index in [1.807, 2.05) is 19.1 Å². The fourth-order valence-corrected chi connectivity index (χ4v) is 2.29. The third-order valence-electron chi connectivity index (χ3n) is 3.43. The number of benzene rings is 2. The summed E-state index contributed by atoms with van der Waals surface area (Å²) >= 11 is 5.80. The minimum Gasteiger partial charge on any atom is -0.352 e. The lowest BCUT2D eigenvalue weighted by molar-refractivity contribution is -0.121. The molecule has 2 rings (SSSR count). The Bertz CT molecular complexity index is 793. The van der Waals surface area contributed by atoms with E-state index < -0.39 is 11.8 Å². The molecule has 0 spiro atoms. The highest BCUT2D eigenvalue weighted by atomic mass is 35.5. The SMILES string of the molecule is Cc1ccccc1C(=O)NCCC(=O)NNC(=O)c1cccc(Cl)c1. The predicted molar refractivity (Wildman–Crippen MR) is 95.2 cm³/mol. The highest BCUT2D eigenvalue weighted by molar-refractivity contribution is 6.30. The minimum absolute atomic E-state index is 0.0352. The first-order valence-electron chi connectivity index (χ1n) is 7.66. The Morgan fingerprint density at radius 2 is 1.72 bits per heavy atom. The van der Waals surface area contributed by atoms with Crippen LogP contribution < -0.4 is 16.2 Å². The Labute approximate surface area is 150 Å². The third kappa shape index (κ3) is 5.61. The second-order valence-corrected chi connectivity index (χ2v) is 5.77. The average molecular weight is 360 g/mol. The maximum absolute atomic E-state index is 12.0. The molecule has 0 aliphatic carbocycles. The normalized spacial score (nSPS) is 10.0. The molecule has 0 bridgehead atoms. The molecule has 0 unspecified atom stereocenters. The van der Waals surface area contributed by atoms with Crippen LogP contribution in [0, 0.1) is 6.92 Å². The third-order valence-corrected chi connectivity index (χ3v) is 3.66. The van der Waals surface area contributed by atoms with Gasteiger partial charge < -0.3 is 5.32 Å². The van der Waals surface area contributed by atoms with Gasteiger partial charge in [-0.25, -0.2) is 0 Å². The summed E-state index contributed by atoms with van der Waals surface area (Å²) in [6, 6.07) is 13.5. The Morgan fingerprint density at radius 1 is 0.960 bits per heavy atom. The first-order valence-corrected chi connectivity index (χ1v) is 8.04. The van der Waals surface area contributed by atoms with Gasteiger partial charge in [0.2, 0.25) is 5.91 Å². The molecule has 3 amide bonds. The van der Waals surface area contributed by atoms with Crippen LogP contribution in [-0.2, 0) is 4.79 Å². The molecule has 0 fully saturated rings. The standard InChI is InChI=1S/C18H18ClN3O3/c1-12-5-2-3-8-15(12)18(25)20-10-9-16(23)21-22-17(24)13-6-4-7-14(19)11-13/h2-8,11H,9-10H2,1H3,(H,20,25)(H,21,23)(H,22,24). The molecule has 0 heterocycles. The quantitative estimate of drug-likeness (QED) is 0.715. The maximum atomic E-state index is 12.0. The van der Waals surface area contributed by atoms with Crippen molar-refractivity contribution in [1.29, 1.82) is 0 Å². The number of rotatable bonds is 5. The summed E-state index contributed by atoms with van der Waals surface area (Å²) in [6.07, 6.45) is 0.0352. The van der Waals surface area contributed by atoms with Crippen LogP contribution in [-0.4, -0.2) is 24.3 Å². The fraction of sp³-hybridized carbons (Fsp3) is 0.167. The molecule has 0 saturated carbocycles. The van der Waals surface area contributed by atoms with Gasteiger partial charge in [0.15, 0.2) is 0 Å². The number of aryl methyl sites for hydroxylation is 1. The molecule has 2 aromatic carbocycles. The van der Waals surface area contributed by atoms with Crippen molar-refractivity contribution >= 4 is 29.3 Å². The van der Waals surface area contributed by atoms with Gasteiger partial charge in [0.1, 0.15) is 0 Å². The summed E-state index contributed by atoms with van der Waals surface area (Å²) < 4.78 is 0. The van der Waals surface area contributed by atoms with Crippen molar-refractivity contribution in [3.8, 4) is 0 Å². The molecule has 0 saturated heterocycles. The maximum Gasteiger partial charge on any atom is 0.269 e. The molecule has 0 aliphatic heterocycles. The zero-order chi connectivity index (χ0) is 18.2. The lowest BCUT2D eigenvalue weighted by atomic mass is 10.1. The summed E-state index contributed by atoms with van der Waals surface area (Å²) in [4.78, 5) is 35.6. The van der Waals surface area contributed by atoms with Crippen molar-refractivity contribution in [2.45, 2.75) is 13.3 Å². The number of nitrogens with one attached hydrogen (secondary N) is 3. The number of amides is 3. The molecule has 2 aromatic rings. The van der Waals surface area contributed by atoms with Crippen LogP contribution in [0.3, 0.4) is 0 Å². The van der Waals surface area contributed by atoms with Crippen molar-refractivity contribution in [1.82, 2.24) is 16.2 Å². The van der Waals surface area contributed by atoms with E-state index in [-0.39, 0.29) is 18.9 Å². The van der Waals surface area contributed by atoms with Gasteiger partial charge in [0.05, 0.1) is 0 Å². The Balaban J connectivity index is 1.73. The van der Waals surface area contributed by atoms with Gasteiger partial charge in [-0.1, -0.05) is 35.9 Å². The van der Waals surface area contributed by atoms with Crippen LogP contribution in [0.2, 0.25) is 5.02 Å². The van der Waals surface area contributed by atoms with Crippen molar-refractivity contribution in [2.75, 3.05) is 6.54 Å². The Hall–Kier alpha value is -2.86. The van der Waals surface area contributed by atoms with E-state index in [4.69, 9.17) is 11.6 Å². The van der Waals surface area contributed by atoms with E-state index in [0.29, 0.717) is 16.1 Å². The second kappa shape index (κ2) is 8.84. The lowest BCUT2D eigenvalue weighted by Crippen LogP contribution is -2.42. The molecular weight excluding hydrogens is 342 g/mol. The average Bonchev–Trinajstić information content (AvgIpc) is 2.60. The largest absolute Gasteiger partial charge is 0.352 e. The zero-order valence-corrected chi connectivity index (χ0v) is 14.4. The van der Waals surface area contributed by atoms with Gasteiger partial charge in [0.25, 0.3) is 11.8 Å². The number of halogens is 1. The first kappa shape index (κ1) is 18.5. The van der Waals surface area contributed by atoms with E-state index in [0.717, 1.165) is 5.56 Å². The van der Waals surface area contributed by atoms with Crippen molar-refractivity contribution in [2.24, 2.45) is 0 Å². The minimum atomic E-state index is -0.472. The van der Waals surface area contributed by atoms with E-state index in [1.165, 1.54) is 6.07 Å². The summed E-state index contributed by atoms with van der Waals surface area (Å²) in [5.74, 6) is -1.13. The topological polar surface area (TPSA) is 87.3 Å². The van der Waals surface area contributed by atoms with Crippen LogP contribution in [0.1, 0.15) is 32.7 Å². The summed E-state index contributed by atoms with van der Waals surface area (Å²) in [5, 5.41) is 3.10. The molecule has 3 N–H and O–H groups in total. The van der Waals surface area contributed by atoms with E-state index in [9.17, 15) is 14.4 Å². The van der Waals surface area contributed by atoms with Gasteiger partial charge in [-0.15, -0.1) is 0 Å². The molecule has 0 aliphatic rings. The number of carbonyl (C=O) groups excluding carboxylic acids is 3. The number of hydrazine groups is 1. The molecule has 7 heteroatoms. The predicted octanol–water partition coefficient (Wildman–Crippen LogP) is 2.23. The van der Waals surface area contributed by atoms with Gasteiger partial charge >= 0.3 is 0 Å². The van der Waals surface area contributed by atoms with Gasteiger partial charge in [-0.3, -0.25) is 25.2 Å². The van der Waals surface area contributed by atoms with Gasteiger partial charge in [-0.2, -0.15) is 0 Å². The molecule has 0 atom stereocenters. The summed E-state index contributed by atoms with van der Waals surface area (Å²) in [7, 11) is 0. The van der Waals surface area contributed by atoms with Crippen LogP contribution >= 0.6 is 11.6 Å². The zero-order valence-electron chi connectivity index (χ0n) is 13.6. The first-order chi connectivity index (χ1) is 12.0. The van der Waals surface area contributed by atoms with E-state index >= 15 is 0 Å². The molecule has 25 heavy (non-hydrogen) atoms. The fourth-order valence-electron chi connectivity index (χ4n) is 2.10. The van der Waals surface area contributed by atoms with Crippen molar-refractivity contribution in [3.63, 3.8) is 0 Å². The van der Waals surface area contributed by atoms with Crippen LogP contribution in [0.25, 0.3) is 0 Å². The van der Waals surface area contributed by atoms with E-state index in [1.54, 1.807) is 30.3 Å².